The van der Waals surface area contributed by atoms with E-state index >= 15 is 0 Å². The molecule has 0 bridgehead atoms. The van der Waals surface area contributed by atoms with E-state index in [0.29, 0.717) is 0 Å². The van der Waals surface area contributed by atoms with E-state index in [1.165, 1.54) is 6.07 Å². The molecule has 0 fully saturated rings. The second-order valence-corrected chi connectivity index (χ2v) is 2.57. The molecule has 0 saturated carbocycles. The molecular formula is C6H5BFN3O2. The molecule has 1 heterocycles. The Kier molecular flexibility index (Phi) is 1.75. The largest absolute Gasteiger partial charge is 0.488 e. The van der Waals surface area contributed by atoms with Crippen LogP contribution in [-0.2, 0) is 0 Å². The van der Waals surface area contributed by atoms with Gasteiger partial charge in [-0.1, -0.05) is 0 Å². The predicted molar refractivity (Wildman–Crippen MR) is 43.7 cm³/mol. The van der Waals surface area contributed by atoms with Gasteiger partial charge in [0.25, 0.3) is 0 Å². The molecule has 5 nitrogen and oxygen atoms in total. The summed E-state index contributed by atoms with van der Waals surface area (Å²) in [6.07, 6.45) is 0. The zero-order valence-electron chi connectivity index (χ0n) is 6.40. The number of hydrogen-bond acceptors (Lipinski definition) is 4. The molecule has 13 heavy (non-hydrogen) atoms. The summed E-state index contributed by atoms with van der Waals surface area (Å²) >= 11 is 0. The van der Waals surface area contributed by atoms with Gasteiger partial charge in [0.2, 0.25) is 0 Å². The van der Waals surface area contributed by atoms with Gasteiger partial charge >= 0.3 is 7.12 Å². The number of hydrogen-bond donors (Lipinski definition) is 3. The van der Waals surface area contributed by atoms with Gasteiger partial charge in [-0.25, -0.2) is 4.39 Å². The maximum absolute atomic E-state index is 13.1. The lowest BCUT2D eigenvalue weighted by atomic mass is 9.80. The molecule has 66 valence electrons. The van der Waals surface area contributed by atoms with E-state index in [9.17, 15) is 4.39 Å². The van der Waals surface area contributed by atoms with Gasteiger partial charge < -0.3 is 10.0 Å². The number of benzene rings is 1. The van der Waals surface area contributed by atoms with E-state index in [4.69, 9.17) is 10.0 Å². The van der Waals surface area contributed by atoms with Crippen molar-refractivity contribution in [3.05, 3.63) is 17.9 Å². The quantitative estimate of drug-likeness (QED) is 0.481. The molecular weight excluding hydrogens is 176 g/mol. The third-order valence-corrected chi connectivity index (χ3v) is 1.70. The van der Waals surface area contributed by atoms with Gasteiger partial charge in [0.1, 0.15) is 11.0 Å². The van der Waals surface area contributed by atoms with Crippen molar-refractivity contribution in [1.29, 1.82) is 0 Å². The minimum Gasteiger partial charge on any atom is -0.423 e. The molecule has 2 aromatic rings. The fourth-order valence-electron chi connectivity index (χ4n) is 1.08. The van der Waals surface area contributed by atoms with Crippen LogP contribution in [0, 0.1) is 5.82 Å². The van der Waals surface area contributed by atoms with Gasteiger partial charge in [0.15, 0.2) is 5.82 Å². The maximum Gasteiger partial charge on any atom is 0.488 e. The maximum atomic E-state index is 13.1. The summed E-state index contributed by atoms with van der Waals surface area (Å²) in [6.45, 7) is 0. The lowest BCUT2D eigenvalue weighted by molar-refractivity contribution is 0.425. The number of aromatic amines is 1. The molecule has 0 atom stereocenters. The topological polar surface area (TPSA) is 82.0 Å². The van der Waals surface area contributed by atoms with Gasteiger partial charge in [-0.15, -0.1) is 0 Å². The zero-order valence-corrected chi connectivity index (χ0v) is 6.40. The second-order valence-electron chi connectivity index (χ2n) is 2.57. The smallest absolute Gasteiger partial charge is 0.423 e. The normalized spacial score (nSPS) is 10.7. The van der Waals surface area contributed by atoms with Crippen LogP contribution in [-0.4, -0.2) is 32.6 Å². The highest BCUT2D eigenvalue weighted by Gasteiger charge is 2.15. The molecule has 2 rings (SSSR count). The number of rotatable bonds is 1. The molecule has 1 aromatic heterocycles. The predicted octanol–water partition coefficient (Wildman–Crippen LogP) is -1.22. The van der Waals surface area contributed by atoms with E-state index < -0.39 is 12.9 Å². The number of H-pyrrole nitrogens is 1. The van der Waals surface area contributed by atoms with Crippen molar-refractivity contribution in [2.75, 3.05) is 0 Å². The average Bonchev–Trinajstić information content (AvgIpc) is 2.51. The van der Waals surface area contributed by atoms with Gasteiger partial charge in [-0.3, -0.25) is 0 Å². The first-order chi connectivity index (χ1) is 6.18. The average molecular weight is 181 g/mol. The third-order valence-electron chi connectivity index (χ3n) is 1.70. The first-order valence-electron chi connectivity index (χ1n) is 3.54. The molecule has 0 amide bonds. The van der Waals surface area contributed by atoms with Crippen molar-refractivity contribution in [3.63, 3.8) is 0 Å². The van der Waals surface area contributed by atoms with Crippen molar-refractivity contribution in [1.82, 2.24) is 15.4 Å². The van der Waals surface area contributed by atoms with Crippen molar-refractivity contribution in [3.8, 4) is 0 Å². The zero-order chi connectivity index (χ0) is 9.42. The number of aromatic nitrogens is 3. The Hall–Kier alpha value is -1.47. The van der Waals surface area contributed by atoms with Crippen molar-refractivity contribution >= 4 is 23.6 Å². The van der Waals surface area contributed by atoms with Crippen molar-refractivity contribution in [2.45, 2.75) is 0 Å². The van der Waals surface area contributed by atoms with Gasteiger partial charge in [-0.2, -0.15) is 15.4 Å². The summed E-state index contributed by atoms with van der Waals surface area (Å²) in [7, 11) is -1.70. The van der Waals surface area contributed by atoms with Crippen LogP contribution < -0.4 is 5.46 Å². The van der Waals surface area contributed by atoms with Crippen molar-refractivity contribution in [2.24, 2.45) is 0 Å². The van der Waals surface area contributed by atoms with E-state index in [0.717, 1.165) is 6.07 Å². The van der Waals surface area contributed by atoms with E-state index in [2.05, 4.69) is 15.4 Å². The Morgan fingerprint density at radius 1 is 1.31 bits per heavy atom. The number of nitrogens with one attached hydrogen (secondary N) is 1. The van der Waals surface area contributed by atoms with E-state index in [1.54, 1.807) is 0 Å². The number of halogens is 1. The molecule has 7 heteroatoms. The first kappa shape index (κ1) is 8.15. The second kappa shape index (κ2) is 2.79. The summed E-state index contributed by atoms with van der Waals surface area (Å²) in [5.74, 6) is -0.630. The molecule has 0 spiro atoms. The summed E-state index contributed by atoms with van der Waals surface area (Å²) in [6, 6.07) is 2.36. The summed E-state index contributed by atoms with van der Waals surface area (Å²) in [5.41, 5.74) is 0.409. The van der Waals surface area contributed by atoms with Gasteiger partial charge in [0, 0.05) is 0 Å². The monoisotopic (exact) mass is 181 g/mol. The van der Waals surface area contributed by atoms with Crippen LogP contribution in [0.4, 0.5) is 4.39 Å². The minimum absolute atomic E-state index is 0.0545. The van der Waals surface area contributed by atoms with Crippen molar-refractivity contribution < 1.29 is 14.4 Å². The molecule has 3 N–H and O–H groups in total. The molecule has 1 aromatic carbocycles. The lowest BCUT2D eigenvalue weighted by Gasteiger charge is -1.98. The Morgan fingerprint density at radius 3 is 2.77 bits per heavy atom. The highest BCUT2D eigenvalue weighted by atomic mass is 19.1. The Morgan fingerprint density at radius 2 is 2.08 bits per heavy atom. The van der Waals surface area contributed by atoms with E-state index in [-0.39, 0.29) is 16.5 Å². The molecule has 0 aliphatic rings. The SMILES string of the molecule is OB(O)c1cc(F)c2n[nH]nc2c1. The lowest BCUT2D eigenvalue weighted by Crippen LogP contribution is -2.30. The number of nitrogens with zero attached hydrogens (tertiary/aromatic N) is 2. The molecule has 0 aliphatic heterocycles. The van der Waals surface area contributed by atoms with Crippen LogP contribution in [0.5, 0.6) is 0 Å². The number of fused-ring (bicyclic) bond motifs is 1. The van der Waals surface area contributed by atoms with Gasteiger partial charge in [-0.05, 0) is 17.6 Å². The Bertz CT molecular complexity index is 444. The summed E-state index contributed by atoms with van der Waals surface area (Å²) < 4.78 is 13.1. The van der Waals surface area contributed by atoms with Crippen LogP contribution >= 0.6 is 0 Å². The van der Waals surface area contributed by atoms with Crippen LogP contribution in [0.25, 0.3) is 11.0 Å². The highest BCUT2D eigenvalue weighted by Crippen LogP contribution is 2.09. The van der Waals surface area contributed by atoms with Crippen LogP contribution in [0.3, 0.4) is 0 Å². The minimum atomic E-state index is -1.70. The fraction of sp³-hybridized carbons (Fsp3) is 0. The fourth-order valence-corrected chi connectivity index (χ4v) is 1.08. The van der Waals surface area contributed by atoms with Crippen LogP contribution in [0.1, 0.15) is 0 Å². The highest BCUT2D eigenvalue weighted by molar-refractivity contribution is 6.58. The van der Waals surface area contributed by atoms with Crippen LogP contribution in [0.2, 0.25) is 0 Å². The summed E-state index contributed by atoms with van der Waals surface area (Å²) in [5, 5.41) is 27.0. The molecule has 0 saturated heterocycles. The first-order valence-corrected chi connectivity index (χ1v) is 3.54. The molecule has 0 radical (unpaired) electrons. The van der Waals surface area contributed by atoms with Gasteiger partial charge in [0.05, 0.1) is 0 Å². The third kappa shape index (κ3) is 1.27. The molecule has 0 unspecified atom stereocenters. The van der Waals surface area contributed by atoms with E-state index in [1.807, 2.05) is 0 Å². The van der Waals surface area contributed by atoms with Crippen LogP contribution in [0.15, 0.2) is 12.1 Å². The Labute approximate surface area is 72.3 Å². The standard InChI is InChI=1S/C6H5BFN3O2/c8-4-1-3(7(12)13)2-5-6(4)10-11-9-5/h1-2,12-13H,(H,9,10,11). The Balaban J connectivity index is 2.70. The molecule has 0 aliphatic carbocycles. The summed E-state index contributed by atoms with van der Waals surface area (Å²) in [4.78, 5) is 0.